The molecule has 3 saturated heterocycles. The number of aliphatic hydroxyl groups is 1. The number of anilines is 2. The van der Waals surface area contributed by atoms with Gasteiger partial charge in [0.15, 0.2) is 5.82 Å². The second-order valence-electron chi connectivity index (χ2n) is 15.4. The Labute approximate surface area is 282 Å². The Morgan fingerprint density at radius 3 is 2.53 bits per heavy atom. The van der Waals surface area contributed by atoms with Gasteiger partial charge in [0.05, 0.1) is 11.4 Å². The van der Waals surface area contributed by atoms with Crippen molar-refractivity contribution in [3.8, 4) is 0 Å². The van der Waals surface area contributed by atoms with Gasteiger partial charge in [-0.15, -0.1) is 10.2 Å². The Kier molecular flexibility index (Phi) is 10.9. The summed E-state index contributed by atoms with van der Waals surface area (Å²) in [6.07, 6.45) is 12.8. The molecule has 5 heterocycles. The van der Waals surface area contributed by atoms with E-state index in [2.05, 4.69) is 54.3 Å². The molecule has 11 heteroatoms. The first-order valence-electron chi connectivity index (χ1n) is 18.2. The lowest BCUT2D eigenvalue weighted by Gasteiger charge is -2.44. The van der Waals surface area contributed by atoms with Crippen LogP contribution in [-0.4, -0.2) is 138 Å². The van der Waals surface area contributed by atoms with Gasteiger partial charge in [0, 0.05) is 63.5 Å². The number of rotatable bonds is 8. The van der Waals surface area contributed by atoms with Crippen LogP contribution in [0.25, 0.3) is 5.57 Å². The van der Waals surface area contributed by atoms with Crippen molar-refractivity contribution in [3.05, 3.63) is 29.7 Å². The molecular formula is C36H58N8O3. The molecule has 2 N–H and O–H groups in total. The number of amides is 1. The minimum Gasteiger partial charge on any atom is -0.508 e. The third-order valence-electron chi connectivity index (χ3n) is 10.8. The first-order chi connectivity index (χ1) is 22.6. The number of ether oxygens (including phenoxy) is 1. The van der Waals surface area contributed by atoms with Crippen molar-refractivity contribution < 1.29 is 14.6 Å². The zero-order valence-electron chi connectivity index (χ0n) is 29.3. The average molecular weight is 651 g/mol. The van der Waals surface area contributed by atoms with Crippen LogP contribution in [0, 0.1) is 5.92 Å². The highest BCUT2D eigenvalue weighted by Gasteiger charge is 2.33. The van der Waals surface area contributed by atoms with E-state index in [0.29, 0.717) is 23.8 Å². The van der Waals surface area contributed by atoms with Gasteiger partial charge in [-0.05, 0) is 123 Å². The van der Waals surface area contributed by atoms with Gasteiger partial charge >= 0.3 is 6.09 Å². The van der Waals surface area contributed by atoms with Gasteiger partial charge < -0.3 is 39.7 Å². The summed E-state index contributed by atoms with van der Waals surface area (Å²) < 4.78 is 5.64. The summed E-state index contributed by atoms with van der Waals surface area (Å²) in [5, 5.41) is 22.7. The van der Waals surface area contributed by atoms with Crippen LogP contribution in [0.1, 0.15) is 77.8 Å². The molecule has 4 aliphatic heterocycles. The molecule has 0 spiro atoms. The molecule has 5 aliphatic rings. The van der Waals surface area contributed by atoms with Crippen molar-refractivity contribution in [2.24, 2.45) is 5.92 Å². The van der Waals surface area contributed by atoms with Gasteiger partial charge in [0.1, 0.15) is 11.4 Å². The number of nitrogens with one attached hydrogen (secondary N) is 1. The first-order valence-corrected chi connectivity index (χ1v) is 18.2. The lowest BCUT2D eigenvalue weighted by molar-refractivity contribution is 0.0123. The van der Waals surface area contributed by atoms with Crippen LogP contribution >= 0.6 is 0 Å². The number of aliphatic hydroxyl groups excluding tert-OH is 1. The lowest BCUT2D eigenvalue weighted by Crippen LogP contribution is -2.52. The Bertz CT molecular complexity index is 1280. The fourth-order valence-electron chi connectivity index (χ4n) is 8.13. The number of nitrogens with zero attached hydrogens (tertiary/aromatic N) is 7. The molecule has 6 rings (SSSR count). The maximum Gasteiger partial charge on any atom is 0.410 e. The maximum absolute atomic E-state index is 12.6. The summed E-state index contributed by atoms with van der Waals surface area (Å²) in [5.74, 6) is 1.69. The molecule has 1 aromatic heterocycles. The molecule has 1 amide bonds. The second kappa shape index (κ2) is 15.1. The minimum absolute atomic E-state index is 0.153. The van der Waals surface area contributed by atoms with E-state index >= 15 is 0 Å². The SMILES string of the molecule is CN(CCN1CCNc2nnc(C3=CCCC=C3O)cc21)C1CCN(C2CCN(CC3CCCN(C(=O)OC(C)(C)C)C3)CC2)CC1. The molecule has 1 aromatic rings. The highest BCUT2D eigenvalue weighted by Crippen LogP contribution is 2.32. The minimum atomic E-state index is -0.439. The number of aromatic nitrogens is 2. The molecule has 11 nitrogen and oxygen atoms in total. The topological polar surface area (TPSA) is 101 Å². The van der Waals surface area contributed by atoms with Gasteiger partial charge in [-0.2, -0.15) is 0 Å². The number of piperidine rings is 3. The quantitative estimate of drug-likeness (QED) is 0.407. The Balaban J connectivity index is 0.919. The van der Waals surface area contributed by atoms with E-state index in [1.807, 2.05) is 31.7 Å². The molecular weight excluding hydrogens is 592 g/mol. The standard InChI is InChI=1S/C36H58N8O3/c1-36(2,3)47-35(46)44-16-7-8-27(26-44)25-41-17-11-29(12-18-41)42-19-13-28(14-20-42)40(4)22-23-43-21-15-37-34-32(43)24-31(38-39-34)30-9-5-6-10-33(30)45/h9-10,24,27-29,45H,5-8,11-23,25-26H2,1-4H3,(H,37,39). The van der Waals surface area contributed by atoms with E-state index in [1.165, 1.54) is 58.3 Å². The van der Waals surface area contributed by atoms with E-state index in [-0.39, 0.29) is 6.09 Å². The van der Waals surface area contributed by atoms with E-state index in [0.717, 1.165) is 87.8 Å². The van der Waals surface area contributed by atoms with E-state index in [1.54, 1.807) is 0 Å². The van der Waals surface area contributed by atoms with Crippen LogP contribution in [-0.2, 0) is 4.74 Å². The van der Waals surface area contributed by atoms with Crippen molar-refractivity contribution in [1.29, 1.82) is 0 Å². The van der Waals surface area contributed by atoms with Crippen LogP contribution < -0.4 is 10.2 Å². The predicted octanol–water partition coefficient (Wildman–Crippen LogP) is 4.84. The van der Waals surface area contributed by atoms with Crippen molar-refractivity contribution >= 4 is 23.2 Å². The highest BCUT2D eigenvalue weighted by atomic mass is 16.6. The third-order valence-corrected chi connectivity index (χ3v) is 10.8. The van der Waals surface area contributed by atoms with E-state index in [9.17, 15) is 9.90 Å². The number of carbonyl (C=O) groups is 1. The largest absolute Gasteiger partial charge is 0.508 e. The Morgan fingerprint density at radius 2 is 1.79 bits per heavy atom. The van der Waals surface area contributed by atoms with E-state index < -0.39 is 5.60 Å². The molecule has 3 fully saturated rings. The van der Waals surface area contributed by atoms with E-state index in [4.69, 9.17) is 4.74 Å². The molecule has 260 valence electrons. The van der Waals surface area contributed by atoms with Crippen LogP contribution in [0.4, 0.5) is 16.3 Å². The number of hydrogen-bond donors (Lipinski definition) is 2. The molecule has 1 unspecified atom stereocenters. The average Bonchev–Trinajstić information content (AvgIpc) is 3.07. The maximum atomic E-state index is 12.6. The second-order valence-corrected chi connectivity index (χ2v) is 15.4. The molecule has 0 aromatic carbocycles. The smallest absolute Gasteiger partial charge is 0.410 e. The van der Waals surface area contributed by atoms with Gasteiger partial charge in [0.25, 0.3) is 0 Å². The number of hydrogen-bond acceptors (Lipinski definition) is 10. The monoisotopic (exact) mass is 650 g/mol. The molecule has 0 saturated carbocycles. The molecule has 1 aliphatic carbocycles. The number of fused-ring (bicyclic) bond motifs is 1. The third kappa shape index (κ3) is 8.78. The van der Waals surface area contributed by atoms with Gasteiger partial charge in [-0.3, -0.25) is 0 Å². The summed E-state index contributed by atoms with van der Waals surface area (Å²) in [4.78, 5) is 25.0. The van der Waals surface area contributed by atoms with Gasteiger partial charge in [0.2, 0.25) is 0 Å². The van der Waals surface area contributed by atoms with Crippen molar-refractivity contribution in [3.63, 3.8) is 0 Å². The Hall–Kier alpha value is -2.89. The highest BCUT2D eigenvalue weighted by molar-refractivity contribution is 5.79. The number of allylic oxidation sites excluding steroid dienone is 3. The normalized spacial score (nSPS) is 24.1. The van der Waals surface area contributed by atoms with Crippen molar-refractivity contribution in [2.45, 2.75) is 89.8 Å². The van der Waals surface area contributed by atoms with Crippen LogP contribution in [0.5, 0.6) is 0 Å². The fourth-order valence-corrected chi connectivity index (χ4v) is 8.13. The summed E-state index contributed by atoms with van der Waals surface area (Å²) in [6, 6.07) is 3.41. The van der Waals surface area contributed by atoms with Crippen LogP contribution in [0.2, 0.25) is 0 Å². The lowest BCUT2D eigenvalue weighted by atomic mass is 9.94. The molecule has 1 atom stereocenters. The van der Waals surface area contributed by atoms with Gasteiger partial charge in [-0.25, -0.2) is 4.79 Å². The predicted molar refractivity (Wildman–Crippen MR) is 188 cm³/mol. The summed E-state index contributed by atoms with van der Waals surface area (Å²) in [6.45, 7) is 17.0. The summed E-state index contributed by atoms with van der Waals surface area (Å²) >= 11 is 0. The fraction of sp³-hybridized carbons (Fsp3) is 0.750. The molecule has 0 radical (unpaired) electrons. The first kappa shape index (κ1) is 34.0. The number of carbonyl (C=O) groups excluding carboxylic acids is 1. The van der Waals surface area contributed by atoms with Crippen molar-refractivity contribution in [1.82, 2.24) is 29.8 Å². The zero-order valence-corrected chi connectivity index (χ0v) is 29.3. The summed E-state index contributed by atoms with van der Waals surface area (Å²) in [7, 11) is 2.29. The van der Waals surface area contributed by atoms with Gasteiger partial charge in [-0.1, -0.05) is 6.08 Å². The zero-order chi connectivity index (χ0) is 33.0. The number of likely N-dealkylation sites (tertiary alicyclic amines) is 3. The Morgan fingerprint density at radius 1 is 1.02 bits per heavy atom. The summed E-state index contributed by atoms with van der Waals surface area (Å²) in [5.41, 5.74) is 2.18. The van der Waals surface area contributed by atoms with Crippen LogP contribution in [0.3, 0.4) is 0 Å². The molecule has 0 bridgehead atoms. The molecule has 47 heavy (non-hydrogen) atoms. The van der Waals surface area contributed by atoms with Crippen LogP contribution in [0.15, 0.2) is 24.0 Å². The number of likely N-dealkylation sites (N-methyl/N-ethyl adjacent to an activating group) is 1. The van der Waals surface area contributed by atoms with Crippen molar-refractivity contribution in [2.75, 3.05) is 89.3 Å².